The number of nitrogens with one attached hydrogen (secondary N) is 1. The normalized spacial score (nSPS) is 17.0. The van der Waals surface area contributed by atoms with Crippen LogP contribution in [0.25, 0.3) is 0 Å². The Bertz CT molecular complexity index is 695. The number of benzene rings is 2. The monoisotopic (exact) mass is 366 g/mol. The molecule has 1 aliphatic heterocycles. The van der Waals surface area contributed by atoms with Crippen LogP contribution >= 0.6 is 24.0 Å². The number of hydrogen-bond donors (Lipinski definition) is 2. The lowest BCUT2D eigenvalue weighted by atomic mass is 9.99. The first kappa shape index (κ1) is 18.6. The molecule has 6 heteroatoms. The number of ether oxygens (including phenoxy) is 1. The summed E-state index contributed by atoms with van der Waals surface area (Å²) in [7, 11) is 0. The van der Waals surface area contributed by atoms with Gasteiger partial charge in [-0.2, -0.15) is 0 Å². The molecule has 1 aliphatic rings. The molecule has 1 amide bonds. The molecule has 3 N–H and O–H groups in total. The minimum Gasteiger partial charge on any atom is -0.492 e. The van der Waals surface area contributed by atoms with Crippen molar-refractivity contribution >= 4 is 29.9 Å². The molecule has 0 aliphatic carbocycles. The van der Waals surface area contributed by atoms with E-state index < -0.39 is 0 Å². The summed E-state index contributed by atoms with van der Waals surface area (Å²) in [5, 5.41) is 3.62. The first-order chi connectivity index (χ1) is 11.1. The smallest absolute Gasteiger partial charge is 0.222 e. The van der Waals surface area contributed by atoms with Gasteiger partial charge in [0.15, 0.2) is 0 Å². The number of halogens is 2. The van der Waals surface area contributed by atoms with Crippen molar-refractivity contribution in [1.29, 1.82) is 0 Å². The Hall–Kier alpha value is -1.75. The van der Waals surface area contributed by atoms with Crippen LogP contribution in [0.5, 0.6) is 5.75 Å². The molecule has 128 valence electrons. The first-order valence-corrected chi connectivity index (χ1v) is 8.04. The fourth-order valence-electron chi connectivity index (χ4n) is 2.81. The molecule has 1 heterocycles. The van der Waals surface area contributed by atoms with Gasteiger partial charge in [-0.25, -0.2) is 0 Å². The van der Waals surface area contributed by atoms with Gasteiger partial charge in [0, 0.05) is 24.4 Å². The van der Waals surface area contributed by atoms with E-state index in [1.807, 2.05) is 42.5 Å². The Kier molecular flexibility index (Phi) is 6.49. The summed E-state index contributed by atoms with van der Waals surface area (Å²) in [5.41, 5.74) is 7.99. The van der Waals surface area contributed by atoms with Gasteiger partial charge in [-0.15, -0.1) is 12.4 Å². The summed E-state index contributed by atoms with van der Waals surface area (Å²) in [6.07, 6.45) is 0.969. The highest BCUT2D eigenvalue weighted by atomic mass is 35.5. The maximum absolute atomic E-state index is 12.3. The molecular formula is C18H20Cl2N2O2. The van der Waals surface area contributed by atoms with Crippen molar-refractivity contribution < 1.29 is 9.53 Å². The number of hydrogen-bond acceptors (Lipinski definition) is 3. The molecule has 3 rings (SSSR count). The zero-order valence-corrected chi connectivity index (χ0v) is 14.6. The second-order valence-corrected chi connectivity index (χ2v) is 6.04. The summed E-state index contributed by atoms with van der Waals surface area (Å²) in [4.78, 5) is 12.3. The second-order valence-electron chi connectivity index (χ2n) is 5.64. The molecule has 2 aromatic carbocycles. The van der Waals surface area contributed by atoms with Gasteiger partial charge in [-0.3, -0.25) is 4.79 Å². The Balaban J connectivity index is 0.00000208. The number of nitrogens with two attached hydrogens (primary N) is 1. The van der Waals surface area contributed by atoms with E-state index in [2.05, 4.69) is 5.32 Å². The van der Waals surface area contributed by atoms with Gasteiger partial charge in [0.2, 0.25) is 5.91 Å². The highest BCUT2D eigenvalue weighted by Gasteiger charge is 2.25. The van der Waals surface area contributed by atoms with Crippen LogP contribution in [0.3, 0.4) is 0 Å². The standard InChI is InChI=1S/C18H19ClN2O2.ClH/c19-14-8-4-7-13-16(9-10-23-18(13)14)21-17(22)11-15(20)12-5-2-1-3-6-12;/h1-8,15-16H,9-11,20H2,(H,21,22);1H. The van der Waals surface area contributed by atoms with Crippen LogP contribution in [-0.2, 0) is 4.79 Å². The topological polar surface area (TPSA) is 64.4 Å². The lowest BCUT2D eigenvalue weighted by Gasteiger charge is -2.27. The number of rotatable bonds is 4. The van der Waals surface area contributed by atoms with Gasteiger partial charge in [-0.05, 0) is 11.6 Å². The Morgan fingerprint density at radius 3 is 2.75 bits per heavy atom. The molecule has 0 radical (unpaired) electrons. The highest BCUT2D eigenvalue weighted by molar-refractivity contribution is 6.32. The molecule has 2 unspecified atom stereocenters. The maximum Gasteiger partial charge on any atom is 0.222 e. The Labute approximate surface area is 152 Å². The van der Waals surface area contributed by atoms with Crippen LogP contribution in [0.2, 0.25) is 5.02 Å². The van der Waals surface area contributed by atoms with E-state index in [1.165, 1.54) is 0 Å². The molecule has 4 nitrogen and oxygen atoms in total. The fraction of sp³-hybridized carbons (Fsp3) is 0.278. The van der Waals surface area contributed by atoms with Gasteiger partial charge >= 0.3 is 0 Å². The number of carbonyl (C=O) groups excluding carboxylic acids is 1. The third kappa shape index (κ3) is 4.20. The molecule has 2 aromatic rings. The first-order valence-electron chi connectivity index (χ1n) is 7.66. The zero-order valence-electron chi connectivity index (χ0n) is 13.1. The Morgan fingerprint density at radius 2 is 2.00 bits per heavy atom. The van der Waals surface area contributed by atoms with Crippen LogP contribution in [0, 0.1) is 0 Å². The summed E-state index contributed by atoms with van der Waals surface area (Å²) in [5.74, 6) is 0.595. The molecule has 0 fully saturated rings. The van der Waals surface area contributed by atoms with Gasteiger partial charge in [-0.1, -0.05) is 54.1 Å². The van der Waals surface area contributed by atoms with E-state index in [0.717, 1.165) is 17.5 Å². The van der Waals surface area contributed by atoms with Crippen molar-refractivity contribution in [2.75, 3.05) is 6.61 Å². The minimum absolute atomic E-state index is 0. The number of para-hydroxylation sites is 1. The van der Waals surface area contributed by atoms with Crippen LogP contribution < -0.4 is 15.8 Å². The number of carbonyl (C=O) groups is 1. The maximum atomic E-state index is 12.3. The molecule has 0 bridgehead atoms. The van der Waals surface area contributed by atoms with Crippen molar-refractivity contribution in [1.82, 2.24) is 5.32 Å². The van der Waals surface area contributed by atoms with Gasteiger partial charge in [0.05, 0.1) is 17.7 Å². The highest BCUT2D eigenvalue weighted by Crippen LogP contribution is 2.37. The third-order valence-electron chi connectivity index (χ3n) is 3.99. The molecule has 0 aromatic heterocycles. The summed E-state index contributed by atoms with van der Waals surface area (Å²) in [6.45, 7) is 0.534. The summed E-state index contributed by atoms with van der Waals surface area (Å²) >= 11 is 6.15. The van der Waals surface area contributed by atoms with Gasteiger partial charge in [0.25, 0.3) is 0 Å². The average molecular weight is 367 g/mol. The van der Waals surface area contributed by atoms with Crippen molar-refractivity contribution in [3.8, 4) is 5.75 Å². The van der Waals surface area contributed by atoms with Crippen molar-refractivity contribution in [3.63, 3.8) is 0 Å². The van der Waals surface area contributed by atoms with Crippen molar-refractivity contribution in [2.45, 2.75) is 24.9 Å². The van der Waals surface area contributed by atoms with E-state index in [1.54, 1.807) is 6.07 Å². The lowest BCUT2D eigenvalue weighted by molar-refractivity contribution is -0.122. The fourth-order valence-corrected chi connectivity index (χ4v) is 3.04. The largest absolute Gasteiger partial charge is 0.492 e. The predicted molar refractivity (Wildman–Crippen MR) is 97.7 cm³/mol. The quantitative estimate of drug-likeness (QED) is 0.864. The second kappa shape index (κ2) is 8.38. The van der Waals surface area contributed by atoms with Gasteiger partial charge < -0.3 is 15.8 Å². The van der Waals surface area contributed by atoms with E-state index in [0.29, 0.717) is 17.4 Å². The SMILES string of the molecule is Cl.NC(CC(=O)NC1CCOc2c(Cl)cccc21)c1ccccc1. The minimum atomic E-state index is -0.310. The van der Waals surface area contributed by atoms with Crippen molar-refractivity contribution in [2.24, 2.45) is 5.73 Å². The molecule has 0 saturated heterocycles. The summed E-state index contributed by atoms with van der Waals surface area (Å²) < 4.78 is 5.61. The zero-order chi connectivity index (χ0) is 16.2. The third-order valence-corrected chi connectivity index (χ3v) is 4.29. The lowest BCUT2D eigenvalue weighted by Crippen LogP contribution is -2.34. The van der Waals surface area contributed by atoms with Gasteiger partial charge in [0.1, 0.15) is 5.75 Å². The molecule has 0 saturated carbocycles. The molecule has 24 heavy (non-hydrogen) atoms. The van der Waals surface area contributed by atoms with E-state index >= 15 is 0 Å². The summed E-state index contributed by atoms with van der Waals surface area (Å²) in [6, 6.07) is 14.8. The number of fused-ring (bicyclic) bond motifs is 1. The average Bonchev–Trinajstić information content (AvgIpc) is 2.56. The molecular weight excluding hydrogens is 347 g/mol. The van der Waals surface area contributed by atoms with Crippen LogP contribution in [0.4, 0.5) is 0 Å². The van der Waals surface area contributed by atoms with Crippen LogP contribution in [0.15, 0.2) is 48.5 Å². The van der Waals surface area contributed by atoms with Crippen LogP contribution in [-0.4, -0.2) is 12.5 Å². The molecule has 2 atom stereocenters. The molecule has 0 spiro atoms. The predicted octanol–water partition coefficient (Wildman–Crippen LogP) is 3.79. The van der Waals surface area contributed by atoms with Crippen LogP contribution in [0.1, 0.15) is 36.1 Å². The van der Waals surface area contributed by atoms with E-state index in [-0.39, 0.29) is 36.8 Å². The Morgan fingerprint density at radius 1 is 1.25 bits per heavy atom. The number of amides is 1. The van der Waals surface area contributed by atoms with Crippen molar-refractivity contribution in [3.05, 3.63) is 64.7 Å². The van der Waals surface area contributed by atoms with E-state index in [4.69, 9.17) is 22.1 Å². The van der Waals surface area contributed by atoms with E-state index in [9.17, 15) is 4.79 Å².